The second kappa shape index (κ2) is 8.71. The Hall–Kier alpha value is -2.24. The monoisotopic (exact) mass is 466 g/mol. The summed E-state index contributed by atoms with van der Waals surface area (Å²) < 4.78 is 32.4. The molecular weight excluding hydrogens is 440 g/mol. The largest absolute Gasteiger partial charge is 0.360 e. The van der Waals surface area contributed by atoms with Gasteiger partial charge < -0.3 is 14.3 Å². The van der Waals surface area contributed by atoms with Crippen LogP contribution >= 0.6 is 11.3 Å². The van der Waals surface area contributed by atoms with E-state index in [1.807, 2.05) is 17.5 Å². The zero-order valence-corrected chi connectivity index (χ0v) is 19.2. The lowest BCUT2D eigenvalue weighted by Gasteiger charge is -2.36. The summed E-state index contributed by atoms with van der Waals surface area (Å²) in [4.78, 5) is 30.4. The molecule has 0 N–H and O–H groups in total. The van der Waals surface area contributed by atoms with Crippen LogP contribution in [0.25, 0.3) is 0 Å². The maximum absolute atomic E-state index is 13.2. The van der Waals surface area contributed by atoms with Gasteiger partial charge in [-0.05, 0) is 38.1 Å². The number of hydrogen-bond donors (Lipinski definition) is 0. The highest BCUT2D eigenvalue weighted by Crippen LogP contribution is 2.26. The quantitative estimate of drug-likeness (QED) is 0.660. The fourth-order valence-corrected chi connectivity index (χ4v) is 6.73. The highest BCUT2D eigenvalue weighted by atomic mass is 32.2. The molecule has 0 bridgehead atoms. The molecule has 2 amide bonds. The molecule has 0 aliphatic carbocycles. The summed E-state index contributed by atoms with van der Waals surface area (Å²) in [5.74, 6) is 0.145. The van der Waals surface area contributed by atoms with Gasteiger partial charge in [0.15, 0.2) is 5.76 Å². The number of aryl methyl sites for hydroxylation is 2. The highest BCUT2D eigenvalue weighted by Gasteiger charge is 2.39. The second-order valence-corrected chi connectivity index (χ2v) is 10.8. The van der Waals surface area contributed by atoms with Gasteiger partial charge in [0.2, 0.25) is 21.8 Å². The summed E-state index contributed by atoms with van der Waals surface area (Å²) in [6, 6.07) is 3.38. The minimum atomic E-state index is -3.73. The average molecular weight is 467 g/mol. The van der Waals surface area contributed by atoms with E-state index < -0.39 is 16.1 Å². The molecule has 2 fully saturated rings. The molecule has 11 heteroatoms. The summed E-state index contributed by atoms with van der Waals surface area (Å²) in [5, 5.41) is 5.68. The number of likely N-dealkylation sites (tertiary alicyclic amines) is 1. The van der Waals surface area contributed by atoms with Crippen molar-refractivity contribution in [1.82, 2.24) is 19.3 Å². The van der Waals surface area contributed by atoms with E-state index >= 15 is 0 Å². The first kappa shape index (κ1) is 22.0. The van der Waals surface area contributed by atoms with Crippen molar-refractivity contribution < 1.29 is 22.5 Å². The van der Waals surface area contributed by atoms with Gasteiger partial charge in [-0.3, -0.25) is 9.59 Å². The lowest BCUT2D eigenvalue weighted by molar-refractivity contribution is -0.144. The van der Waals surface area contributed by atoms with Crippen molar-refractivity contribution >= 4 is 33.2 Å². The number of rotatable bonds is 5. The molecule has 2 aliphatic heterocycles. The normalized spacial score (nSPS) is 20.4. The maximum Gasteiger partial charge on any atom is 0.248 e. The van der Waals surface area contributed by atoms with E-state index in [1.165, 1.54) is 15.6 Å². The average Bonchev–Trinajstić information content (AvgIpc) is 3.49. The van der Waals surface area contributed by atoms with Crippen molar-refractivity contribution in [2.45, 2.75) is 44.0 Å². The van der Waals surface area contributed by atoms with Crippen LogP contribution in [0.1, 0.15) is 29.2 Å². The zero-order valence-electron chi connectivity index (χ0n) is 17.6. The van der Waals surface area contributed by atoms with Gasteiger partial charge in [0.1, 0.15) is 16.6 Å². The fraction of sp³-hybridized carbons (Fsp3) is 0.550. The van der Waals surface area contributed by atoms with Crippen molar-refractivity contribution in [1.29, 1.82) is 0 Å². The molecule has 0 aromatic carbocycles. The molecule has 9 nitrogen and oxygen atoms in total. The smallest absolute Gasteiger partial charge is 0.248 e. The Morgan fingerprint density at radius 3 is 2.55 bits per heavy atom. The molecule has 2 saturated heterocycles. The van der Waals surface area contributed by atoms with E-state index in [0.717, 1.165) is 11.3 Å². The molecule has 1 unspecified atom stereocenters. The first-order chi connectivity index (χ1) is 14.8. The van der Waals surface area contributed by atoms with E-state index in [9.17, 15) is 18.0 Å². The Balaban J connectivity index is 1.39. The highest BCUT2D eigenvalue weighted by molar-refractivity contribution is 7.89. The van der Waals surface area contributed by atoms with Crippen LogP contribution in [0.5, 0.6) is 0 Å². The van der Waals surface area contributed by atoms with Crippen molar-refractivity contribution in [2.24, 2.45) is 0 Å². The first-order valence-electron chi connectivity index (χ1n) is 10.3. The maximum atomic E-state index is 13.2. The Kier molecular flexibility index (Phi) is 6.18. The van der Waals surface area contributed by atoms with Gasteiger partial charge in [-0.2, -0.15) is 4.31 Å². The third kappa shape index (κ3) is 4.26. The Labute approximate surface area is 185 Å². The summed E-state index contributed by atoms with van der Waals surface area (Å²) in [5.41, 5.74) is 0.335. The van der Waals surface area contributed by atoms with Crippen LogP contribution in [-0.4, -0.2) is 78.3 Å². The minimum Gasteiger partial charge on any atom is -0.360 e. The number of carbonyl (C=O) groups is 2. The molecule has 168 valence electrons. The van der Waals surface area contributed by atoms with Crippen molar-refractivity contribution in [3.8, 4) is 0 Å². The standard InChI is InChI=1S/C20H26N4O5S2/c1-14-19(15(2)29-21-14)31(27,28)23-10-8-22(9-11-23)20(26)17-6-3-7-24(17)18(25)13-16-5-4-12-30-16/h4-5,12,17H,3,6-11,13H2,1-2H3. The topological polar surface area (TPSA) is 104 Å². The molecule has 1 atom stereocenters. The molecule has 2 aromatic heterocycles. The van der Waals surface area contributed by atoms with Gasteiger partial charge >= 0.3 is 0 Å². The van der Waals surface area contributed by atoms with E-state index in [-0.39, 0.29) is 35.6 Å². The van der Waals surface area contributed by atoms with Crippen molar-refractivity contribution in [2.75, 3.05) is 32.7 Å². The number of thiophene rings is 1. The number of amides is 2. The van der Waals surface area contributed by atoms with Gasteiger partial charge in [-0.1, -0.05) is 11.2 Å². The predicted octanol–water partition coefficient (Wildman–Crippen LogP) is 1.42. The number of sulfonamides is 1. The molecule has 0 saturated carbocycles. The van der Waals surface area contributed by atoms with E-state index in [4.69, 9.17) is 4.52 Å². The predicted molar refractivity (Wildman–Crippen MR) is 114 cm³/mol. The van der Waals surface area contributed by atoms with Crippen LogP contribution in [0, 0.1) is 13.8 Å². The Morgan fingerprint density at radius 1 is 1.19 bits per heavy atom. The van der Waals surface area contributed by atoms with Gasteiger partial charge in [0.05, 0.1) is 6.42 Å². The van der Waals surface area contributed by atoms with Crippen LogP contribution in [0.2, 0.25) is 0 Å². The summed E-state index contributed by atoms with van der Waals surface area (Å²) in [7, 11) is -3.73. The lowest BCUT2D eigenvalue weighted by atomic mass is 10.1. The summed E-state index contributed by atoms with van der Waals surface area (Å²) in [6.07, 6.45) is 1.75. The van der Waals surface area contributed by atoms with Crippen LogP contribution in [0.4, 0.5) is 0 Å². The lowest BCUT2D eigenvalue weighted by Crippen LogP contribution is -2.55. The van der Waals surface area contributed by atoms with Gasteiger partial charge in [0.25, 0.3) is 0 Å². The van der Waals surface area contributed by atoms with Gasteiger partial charge in [0, 0.05) is 37.6 Å². The number of nitrogens with zero attached hydrogens (tertiary/aromatic N) is 4. The molecule has 31 heavy (non-hydrogen) atoms. The van der Waals surface area contributed by atoms with Crippen molar-refractivity contribution in [3.63, 3.8) is 0 Å². The van der Waals surface area contributed by atoms with Crippen molar-refractivity contribution in [3.05, 3.63) is 33.8 Å². The number of aromatic nitrogens is 1. The van der Waals surface area contributed by atoms with Crippen LogP contribution < -0.4 is 0 Å². The van der Waals surface area contributed by atoms with Crippen LogP contribution in [0.3, 0.4) is 0 Å². The van der Waals surface area contributed by atoms with Crippen LogP contribution in [0.15, 0.2) is 26.9 Å². The van der Waals surface area contributed by atoms with E-state index in [0.29, 0.717) is 38.2 Å². The fourth-order valence-electron chi connectivity index (χ4n) is 4.32. The molecule has 2 aromatic rings. The summed E-state index contributed by atoms with van der Waals surface area (Å²) in [6.45, 7) is 4.76. The second-order valence-electron chi connectivity index (χ2n) is 7.88. The third-order valence-corrected chi connectivity index (χ3v) is 8.90. The summed E-state index contributed by atoms with van der Waals surface area (Å²) >= 11 is 1.53. The van der Waals surface area contributed by atoms with Gasteiger partial charge in [-0.15, -0.1) is 11.3 Å². The molecule has 0 spiro atoms. The molecule has 0 radical (unpaired) electrons. The minimum absolute atomic E-state index is 0.0297. The van der Waals surface area contributed by atoms with E-state index in [2.05, 4.69) is 5.16 Å². The molecule has 4 heterocycles. The molecular formula is C20H26N4O5S2. The Bertz CT molecular complexity index is 1040. The number of carbonyl (C=O) groups excluding carboxylic acids is 2. The SMILES string of the molecule is Cc1noc(C)c1S(=O)(=O)N1CCN(C(=O)C2CCCN2C(=O)Cc2cccs2)CC1. The first-order valence-corrected chi connectivity index (χ1v) is 12.6. The molecule has 2 aliphatic rings. The third-order valence-electron chi connectivity index (χ3n) is 5.88. The number of piperazine rings is 1. The molecule has 4 rings (SSSR count). The zero-order chi connectivity index (χ0) is 22.2. The Morgan fingerprint density at radius 2 is 1.94 bits per heavy atom. The number of hydrogen-bond acceptors (Lipinski definition) is 7. The van der Waals surface area contributed by atoms with Crippen LogP contribution in [-0.2, 0) is 26.0 Å². The van der Waals surface area contributed by atoms with E-state index in [1.54, 1.807) is 23.6 Å². The van der Waals surface area contributed by atoms with Gasteiger partial charge in [-0.25, -0.2) is 8.42 Å².